The lowest BCUT2D eigenvalue weighted by Crippen LogP contribution is -2.53. The molecule has 0 fully saturated rings. The molecule has 0 aliphatic heterocycles. The summed E-state index contributed by atoms with van der Waals surface area (Å²) >= 11 is 0. The smallest absolute Gasteiger partial charge is 0.302 e. The number of amides is 3. The molecule has 0 saturated carbocycles. The zero-order valence-corrected chi connectivity index (χ0v) is 22.7. The molecule has 2 rings (SSSR count). The highest BCUT2D eigenvalue weighted by Gasteiger charge is 2.27. The van der Waals surface area contributed by atoms with Crippen LogP contribution in [-0.4, -0.2) is 64.0 Å². The highest BCUT2D eigenvalue weighted by atomic mass is 16.5. The van der Waals surface area contributed by atoms with Crippen LogP contribution in [0.15, 0.2) is 30.5 Å². The lowest BCUT2D eigenvalue weighted by molar-refractivity contribution is -0.142. The standard InChI is InChI=1S/C26H38N6O6/c1-6-21-15-32(31-30-21)12-14-37-13-11-23(34)29-24(17(2)3)26(36)27-18(4)25(35)28-22-9-7-20(8-10-22)16-38-19(5)33/h7-10,15,17-18,24H,6,11-14,16H2,1-5H3,(H,27,36)(H,28,35)(H,29,34)/t18-,24-/m0/s1. The number of rotatable bonds is 15. The Balaban J connectivity index is 1.75. The van der Waals surface area contributed by atoms with Gasteiger partial charge >= 0.3 is 5.97 Å². The molecule has 3 N–H and O–H groups in total. The quantitative estimate of drug-likeness (QED) is 0.232. The van der Waals surface area contributed by atoms with Crippen LogP contribution in [0.1, 0.15) is 52.3 Å². The molecule has 1 heterocycles. The average Bonchev–Trinajstić information content (AvgIpc) is 3.34. The molecule has 38 heavy (non-hydrogen) atoms. The van der Waals surface area contributed by atoms with Gasteiger partial charge in [0, 0.05) is 25.2 Å². The summed E-state index contributed by atoms with van der Waals surface area (Å²) in [4.78, 5) is 48.7. The Morgan fingerprint density at radius 2 is 1.71 bits per heavy atom. The molecule has 12 nitrogen and oxygen atoms in total. The van der Waals surface area contributed by atoms with Crippen molar-refractivity contribution in [3.05, 3.63) is 41.7 Å². The maximum absolute atomic E-state index is 12.8. The van der Waals surface area contributed by atoms with Crippen molar-refractivity contribution in [2.75, 3.05) is 18.5 Å². The molecule has 1 aromatic carbocycles. The van der Waals surface area contributed by atoms with E-state index in [-0.39, 0.29) is 37.4 Å². The number of nitrogens with one attached hydrogen (secondary N) is 3. The number of carbonyl (C=O) groups is 4. The maximum Gasteiger partial charge on any atom is 0.302 e. The lowest BCUT2D eigenvalue weighted by Gasteiger charge is -2.24. The zero-order chi connectivity index (χ0) is 28.1. The number of hydrogen-bond acceptors (Lipinski definition) is 8. The molecule has 0 saturated heterocycles. The van der Waals surface area contributed by atoms with Crippen molar-refractivity contribution in [1.82, 2.24) is 25.6 Å². The van der Waals surface area contributed by atoms with Crippen molar-refractivity contribution in [1.29, 1.82) is 0 Å². The van der Waals surface area contributed by atoms with E-state index in [0.717, 1.165) is 17.7 Å². The van der Waals surface area contributed by atoms with Gasteiger partial charge in [-0.2, -0.15) is 0 Å². The van der Waals surface area contributed by atoms with Crippen LogP contribution in [0, 0.1) is 5.92 Å². The molecule has 1 aromatic heterocycles. The van der Waals surface area contributed by atoms with Gasteiger partial charge in [-0.1, -0.05) is 38.1 Å². The molecule has 0 radical (unpaired) electrons. The maximum atomic E-state index is 12.8. The van der Waals surface area contributed by atoms with Crippen LogP contribution >= 0.6 is 0 Å². The van der Waals surface area contributed by atoms with Gasteiger partial charge in [0.05, 0.1) is 25.5 Å². The number of nitrogens with zero attached hydrogens (tertiary/aromatic N) is 3. The number of benzene rings is 1. The van der Waals surface area contributed by atoms with Gasteiger partial charge in [-0.05, 0) is 37.0 Å². The molecule has 0 aliphatic rings. The minimum absolute atomic E-state index is 0.0948. The monoisotopic (exact) mass is 530 g/mol. The van der Waals surface area contributed by atoms with Gasteiger partial charge < -0.3 is 25.4 Å². The van der Waals surface area contributed by atoms with Crippen molar-refractivity contribution >= 4 is 29.4 Å². The van der Waals surface area contributed by atoms with E-state index in [1.54, 1.807) is 35.9 Å². The second-order valence-corrected chi connectivity index (χ2v) is 9.17. The summed E-state index contributed by atoms with van der Waals surface area (Å²) in [5.74, 6) is -1.75. The normalized spacial score (nSPS) is 12.5. The largest absolute Gasteiger partial charge is 0.461 e. The molecule has 0 aliphatic carbocycles. The van der Waals surface area contributed by atoms with Gasteiger partial charge in [-0.25, -0.2) is 4.68 Å². The number of esters is 1. The minimum atomic E-state index is -0.838. The van der Waals surface area contributed by atoms with Gasteiger partial charge in [0.2, 0.25) is 17.7 Å². The highest BCUT2D eigenvalue weighted by molar-refractivity contribution is 5.98. The molecule has 0 spiro atoms. The lowest BCUT2D eigenvalue weighted by atomic mass is 10.0. The van der Waals surface area contributed by atoms with Gasteiger partial charge in [0.25, 0.3) is 0 Å². The molecule has 3 amide bonds. The summed E-state index contributed by atoms with van der Waals surface area (Å²) in [6.07, 6.45) is 2.76. The Hall–Kier alpha value is -3.80. The van der Waals surface area contributed by atoms with E-state index in [9.17, 15) is 19.2 Å². The fraction of sp³-hybridized carbons (Fsp3) is 0.538. The van der Waals surface area contributed by atoms with E-state index >= 15 is 0 Å². The summed E-state index contributed by atoms with van der Waals surface area (Å²) in [5, 5.41) is 16.1. The Morgan fingerprint density at radius 3 is 2.32 bits per heavy atom. The van der Waals surface area contributed by atoms with Crippen LogP contribution in [0.2, 0.25) is 0 Å². The predicted molar refractivity (Wildman–Crippen MR) is 140 cm³/mol. The van der Waals surface area contributed by atoms with Crippen LogP contribution in [0.4, 0.5) is 5.69 Å². The second kappa shape index (κ2) is 15.5. The van der Waals surface area contributed by atoms with Gasteiger partial charge in [-0.15, -0.1) is 5.10 Å². The van der Waals surface area contributed by atoms with Crippen molar-refractivity contribution in [3.8, 4) is 0 Å². The van der Waals surface area contributed by atoms with Crippen LogP contribution in [0.5, 0.6) is 0 Å². The minimum Gasteiger partial charge on any atom is -0.461 e. The van der Waals surface area contributed by atoms with Crippen LogP contribution in [0.25, 0.3) is 0 Å². The third-order valence-corrected chi connectivity index (χ3v) is 5.57. The Morgan fingerprint density at radius 1 is 1.00 bits per heavy atom. The molecule has 0 bridgehead atoms. The predicted octanol–water partition coefficient (Wildman–Crippen LogP) is 1.59. The summed E-state index contributed by atoms with van der Waals surface area (Å²) in [6.45, 7) is 9.78. The summed E-state index contributed by atoms with van der Waals surface area (Å²) < 4.78 is 12.1. The van der Waals surface area contributed by atoms with Gasteiger partial charge in [0.1, 0.15) is 18.7 Å². The molecule has 2 atom stereocenters. The number of ether oxygens (including phenoxy) is 2. The number of hydrogen-bond donors (Lipinski definition) is 3. The first-order valence-electron chi connectivity index (χ1n) is 12.7. The second-order valence-electron chi connectivity index (χ2n) is 9.17. The van der Waals surface area contributed by atoms with E-state index in [0.29, 0.717) is 18.8 Å². The van der Waals surface area contributed by atoms with E-state index < -0.39 is 23.9 Å². The molecule has 12 heteroatoms. The Labute approximate surface area is 222 Å². The highest BCUT2D eigenvalue weighted by Crippen LogP contribution is 2.11. The Bertz CT molecular complexity index is 1070. The first-order valence-corrected chi connectivity index (χ1v) is 12.7. The molecular weight excluding hydrogens is 492 g/mol. The fourth-order valence-corrected chi connectivity index (χ4v) is 3.30. The number of anilines is 1. The summed E-state index contributed by atoms with van der Waals surface area (Å²) in [5.41, 5.74) is 2.22. The van der Waals surface area contributed by atoms with Crippen molar-refractivity contribution in [2.45, 2.75) is 72.7 Å². The molecule has 208 valence electrons. The van der Waals surface area contributed by atoms with E-state index in [1.165, 1.54) is 6.92 Å². The average molecular weight is 531 g/mol. The fourth-order valence-electron chi connectivity index (χ4n) is 3.30. The van der Waals surface area contributed by atoms with Crippen LogP contribution in [0.3, 0.4) is 0 Å². The van der Waals surface area contributed by atoms with Gasteiger partial charge in [0.15, 0.2) is 0 Å². The molecular formula is C26H38N6O6. The molecule has 2 aromatic rings. The Kier molecular flexibility index (Phi) is 12.4. The topological polar surface area (TPSA) is 154 Å². The van der Waals surface area contributed by atoms with Crippen molar-refractivity contribution in [2.24, 2.45) is 5.92 Å². The third-order valence-electron chi connectivity index (χ3n) is 5.57. The number of aromatic nitrogens is 3. The van der Waals surface area contributed by atoms with Crippen molar-refractivity contribution in [3.63, 3.8) is 0 Å². The first-order chi connectivity index (χ1) is 18.1. The molecule has 0 unspecified atom stereocenters. The van der Waals surface area contributed by atoms with Crippen LogP contribution in [-0.2, 0) is 48.2 Å². The zero-order valence-electron chi connectivity index (χ0n) is 22.7. The van der Waals surface area contributed by atoms with E-state index in [2.05, 4.69) is 26.3 Å². The van der Waals surface area contributed by atoms with Gasteiger partial charge in [-0.3, -0.25) is 19.2 Å². The third kappa shape index (κ3) is 10.7. The summed E-state index contributed by atoms with van der Waals surface area (Å²) in [7, 11) is 0. The first kappa shape index (κ1) is 30.4. The van der Waals surface area contributed by atoms with Crippen molar-refractivity contribution < 1.29 is 28.7 Å². The van der Waals surface area contributed by atoms with E-state index in [4.69, 9.17) is 9.47 Å². The summed E-state index contributed by atoms with van der Waals surface area (Å²) in [6, 6.07) is 5.17. The number of carbonyl (C=O) groups excluding carboxylic acids is 4. The van der Waals surface area contributed by atoms with Crippen LogP contribution < -0.4 is 16.0 Å². The SMILES string of the molecule is CCc1cn(CCOCCC(=O)N[C@H](C(=O)N[C@@H](C)C(=O)Nc2ccc(COC(C)=O)cc2)C(C)C)nn1. The number of aryl methyl sites for hydroxylation is 1. The van der Waals surface area contributed by atoms with E-state index in [1.807, 2.05) is 27.0 Å².